The van der Waals surface area contributed by atoms with Crippen LogP contribution in [0.4, 0.5) is 14.5 Å². The Morgan fingerprint density at radius 3 is 2.76 bits per heavy atom. The van der Waals surface area contributed by atoms with Gasteiger partial charge in [-0.05, 0) is 38.0 Å². The first-order valence-electron chi connectivity index (χ1n) is 12.7. The van der Waals surface area contributed by atoms with E-state index < -0.39 is 24.6 Å². The molecule has 3 aromatic rings. The summed E-state index contributed by atoms with van der Waals surface area (Å²) in [7, 11) is 0. The summed E-state index contributed by atoms with van der Waals surface area (Å²) >= 11 is 0. The highest BCUT2D eigenvalue weighted by molar-refractivity contribution is 5.92. The predicted octanol–water partition coefficient (Wildman–Crippen LogP) is 2.54. The quantitative estimate of drug-likeness (QED) is 0.556. The van der Waals surface area contributed by atoms with Crippen molar-refractivity contribution >= 4 is 22.6 Å². The number of pyridine rings is 1. The summed E-state index contributed by atoms with van der Waals surface area (Å²) in [4.78, 5) is 38.9. The monoisotopic (exact) mass is 471 g/mol. The summed E-state index contributed by atoms with van der Waals surface area (Å²) in [6, 6.07) is 5.94. The van der Waals surface area contributed by atoms with E-state index >= 15 is 4.39 Å². The van der Waals surface area contributed by atoms with Gasteiger partial charge in [-0.15, -0.1) is 0 Å². The summed E-state index contributed by atoms with van der Waals surface area (Å²) in [6.07, 6.45) is 1.85. The minimum atomic E-state index is -2.70. The number of amides is 1. The van der Waals surface area contributed by atoms with E-state index in [1.54, 1.807) is 17.4 Å². The number of H-pyrrole nitrogens is 1. The van der Waals surface area contributed by atoms with E-state index in [9.17, 15) is 14.0 Å². The van der Waals surface area contributed by atoms with Crippen LogP contribution < -0.4 is 15.8 Å². The minimum Gasteiger partial charge on any atom is -0.363 e. The van der Waals surface area contributed by atoms with E-state index in [1.165, 1.54) is 12.1 Å². The molecular weight excluding hydrogens is 442 g/mol. The lowest BCUT2D eigenvalue weighted by Crippen LogP contribution is -2.52. The number of nitrogens with zero attached hydrogens (tertiary/aromatic N) is 4. The summed E-state index contributed by atoms with van der Waals surface area (Å²) in [5.74, 6) is -2.20. The summed E-state index contributed by atoms with van der Waals surface area (Å²) in [5, 5.41) is 1.79. The molecule has 0 radical (unpaired) electrons. The maximum atomic E-state index is 15.3. The maximum Gasteiger partial charge on any atom is 0.270 e. The third-order valence-corrected chi connectivity index (χ3v) is 6.47. The van der Waals surface area contributed by atoms with Crippen molar-refractivity contribution in [3.8, 4) is 0 Å². The fourth-order valence-corrected chi connectivity index (χ4v) is 4.54. The molecule has 0 unspecified atom stereocenters. The standard InChI is InChI=1S/C24H26F2N6O2/c1-13-11-31(9-10-32(13)18-8-7-17(23(33)27-2)29-22(18)26)12-15-5-6-16-21(19(15)25)30-24(34)20(28-16)14-3-4-14/h5-8,13-14H,3-4,9-12H2,1-2H3,(H,27,33)(H,30,34)/t13-/m0/s1/i2D3. The lowest BCUT2D eigenvalue weighted by molar-refractivity contribution is 0.0957. The van der Waals surface area contributed by atoms with Crippen molar-refractivity contribution in [2.45, 2.75) is 38.3 Å². The predicted molar refractivity (Wildman–Crippen MR) is 124 cm³/mol. The zero-order chi connectivity index (χ0) is 26.5. The molecule has 0 bridgehead atoms. The van der Waals surface area contributed by atoms with E-state index in [2.05, 4.69) is 15.0 Å². The molecule has 2 aliphatic rings. The van der Waals surface area contributed by atoms with E-state index in [0.29, 0.717) is 43.0 Å². The van der Waals surface area contributed by atoms with Gasteiger partial charge < -0.3 is 15.2 Å². The molecule has 1 aliphatic carbocycles. The topological polar surface area (TPSA) is 94.2 Å². The molecule has 1 aromatic carbocycles. The van der Waals surface area contributed by atoms with Crippen molar-refractivity contribution in [2.24, 2.45) is 0 Å². The fraction of sp³-hybridized carbons (Fsp3) is 0.417. The van der Waals surface area contributed by atoms with Crippen LogP contribution in [0.2, 0.25) is 0 Å². The number of aromatic amines is 1. The summed E-state index contributed by atoms with van der Waals surface area (Å²) in [5.41, 5.74) is 0.969. The Morgan fingerprint density at radius 1 is 1.24 bits per heavy atom. The van der Waals surface area contributed by atoms with E-state index in [1.807, 2.05) is 16.7 Å². The third-order valence-electron chi connectivity index (χ3n) is 6.47. The largest absolute Gasteiger partial charge is 0.363 e. The molecule has 1 saturated heterocycles. The second-order valence-corrected chi connectivity index (χ2v) is 8.90. The highest BCUT2D eigenvalue weighted by Crippen LogP contribution is 2.37. The molecule has 2 N–H and O–H groups in total. The molecule has 3 heterocycles. The van der Waals surface area contributed by atoms with Crippen molar-refractivity contribution < 1.29 is 17.7 Å². The van der Waals surface area contributed by atoms with Crippen LogP contribution in [-0.4, -0.2) is 58.4 Å². The van der Waals surface area contributed by atoms with Gasteiger partial charge in [0.05, 0.1) is 11.2 Å². The average Bonchev–Trinajstić information content (AvgIpc) is 3.66. The van der Waals surface area contributed by atoms with Crippen molar-refractivity contribution in [3.63, 3.8) is 0 Å². The Labute approximate surface area is 199 Å². The van der Waals surface area contributed by atoms with Crippen molar-refractivity contribution in [1.82, 2.24) is 25.2 Å². The van der Waals surface area contributed by atoms with Crippen LogP contribution in [-0.2, 0) is 6.54 Å². The van der Waals surface area contributed by atoms with E-state index in [0.717, 1.165) is 12.8 Å². The summed E-state index contributed by atoms with van der Waals surface area (Å²) in [6.45, 7) is 0.957. The Hall–Kier alpha value is -3.40. The number of carbonyl (C=O) groups excluding carboxylic acids is 1. The number of hydrogen-bond acceptors (Lipinski definition) is 6. The number of nitrogens with one attached hydrogen (secondary N) is 2. The van der Waals surface area contributed by atoms with Gasteiger partial charge >= 0.3 is 0 Å². The number of piperazine rings is 1. The molecule has 8 nitrogen and oxygen atoms in total. The van der Waals surface area contributed by atoms with Crippen LogP contribution in [0, 0.1) is 11.8 Å². The van der Waals surface area contributed by atoms with Gasteiger partial charge in [-0.1, -0.05) is 6.07 Å². The minimum absolute atomic E-state index is 0.106. The molecule has 0 spiro atoms. The molecule has 1 aliphatic heterocycles. The molecule has 5 rings (SSSR count). The average molecular weight is 472 g/mol. The first-order valence-corrected chi connectivity index (χ1v) is 11.2. The SMILES string of the molecule is [2H]C([2H])([2H])NC(=O)c1ccc(N2CCN(Cc3ccc4nc(C5CC5)c(=O)[nH]c4c3F)C[C@@H]2C)c(F)n1. The molecule has 1 atom stereocenters. The molecule has 2 fully saturated rings. The van der Waals surface area contributed by atoms with Gasteiger partial charge in [0.25, 0.3) is 11.5 Å². The van der Waals surface area contributed by atoms with Crippen molar-refractivity contribution in [3.05, 3.63) is 63.3 Å². The van der Waals surface area contributed by atoms with Gasteiger partial charge in [0.15, 0.2) is 5.82 Å². The van der Waals surface area contributed by atoms with Crippen LogP contribution in [0.3, 0.4) is 0 Å². The van der Waals surface area contributed by atoms with Crippen LogP contribution in [0.5, 0.6) is 0 Å². The Kier molecular flexibility index (Phi) is 4.88. The zero-order valence-electron chi connectivity index (χ0n) is 21.6. The van der Waals surface area contributed by atoms with Gasteiger partial charge in [-0.2, -0.15) is 4.39 Å². The van der Waals surface area contributed by atoms with Gasteiger partial charge in [0.2, 0.25) is 5.95 Å². The second kappa shape index (κ2) is 8.75. The first-order chi connectivity index (χ1) is 17.5. The summed E-state index contributed by atoms with van der Waals surface area (Å²) < 4.78 is 51.4. The van der Waals surface area contributed by atoms with Crippen LogP contribution in [0.15, 0.2) is 29.1 Å². The Morgan fingerprint density at radius 2 is 2.06 bits per heavy atom. The van der Waals surface area contributed by atoms with Gasteiger partial charge in [-0.3, -0.25) is 14.5 Å². The highest BCUT2D eigenvalue weighted by atomic mass is 19.1. The molecule has 34 heavy (non-hydrogen) atoms. The number of aromatic nitrogens is 3. The number of carbonyl (C=O) groups is 1. The van der Waals surface area contributed by atoms with Crippen molar-refractivity contribution in [1.29, 1.82) is 0 Å². The van der Waals surface area contributed by atoms with E-state index in [-0.39, 0.29) is 34.4 Å². The fourth-order valence-electron chi connectivity index (χ4n) is 4.54. The number of benzene rings is 1. The number of rotatable bonds is 5. The Bertz CT molecular complexity index is 1430. The maximum absolute atomic E-state index is 15.3. The van der Waals surface area contributed by atoms with E-state index in [4.69, 9.17) is 4.11 Å². The lowest BCUT2D eigenvalue weighted by Gasteiger charge is -2.41. The number of anilines is 1. The lowest BCUT2D eigenvalue weighted by atomic mass is 10.1. The Balaban J connectivity index is 1.28. The van der Waals surface area contributed by atoms with Gasteiger partial charge in [0.1, 0.15) is 16.9 Å². The van der Waals surface area contributed by atoms with Crippen molar-refractivity contribution in [2.75, 3.05) is 31.5 Å². The van der Waals surface area contributed by atoms with Gasteiger partial charge in [-0.25, -0.2) is 14.4 Å². The number of hydrogen-bond donors (Lipinski definition) is 2. The number of halogens is 2. The second-order valence-electron chi connectivity index (χ2n) is 8.90. The molecule has 1 amide bonds. The van der Waals surface area contributed by atoms with Crippen LogP contribution in [0.1, 0.15) is 51.5 Å². The van der Waals surface area contributed by atoms with Crippen LogP contribution >= 0.6 is 0 Å². The number of fused-ring (bicyclic) bond motifs is 1. The smallest absolute Gasteiger partial charge is 0.270 e. The normalized spacial score (nSPS) is 20.6. The molecular formula is C24H26F2N6O2. The van der Waals surface area contributed by atoms with Gasteiger partial charge in [0, 0.05) is 54.8 Å². The highest BCUT2D eigenvalue weighted by Gasteiger charge is 2.30. The third kappa shape index (κ3) is 4.13. The molecule has 178 valence electrons. The first kappa shape index (κ1) is 19.0. The van der Waals surface area contributed by atoms with Crippen LogP contribution in [0.25, 0.3) is 11.0 Å². The molecule has 1 saturated carbocycles. The zero-order valence-corrected chi connectivity index (χ0v) is 18.6. The molecule has 2 aromatic heterocycles. The molecule has 10 heteroatoms.